The largest absolute Gasteiger partial charge is 0.475 e. The molecule has 1 amide bonds. The van der Waals surface area contributed by atoms with Gasteiger partial charge in [0, 0.05) is 23.2 Å². The van der Waals surface area contributed by atoms with Crippen LogP contribution in [-0.4, -0.2) is 47.9 Å². The zero-order valence-corrected chi connectivity index (χ0v) is 25.9. The molecule has 2 aliphatic carbocycles. The maximum Gasteiger partial charge on any atom is 0.264 e. The van der Waals surface area contributed by atoms with Gasteiger partial charge in [-0.15, -0.1) is 0 Å². The highest BCUT2D eigenvalue weighted by Gasteiger charge is 2.52. The Hall–Kier alpha value is -3.46. The van der Waals surface area contributed by atoms with Crippen LogP contribution >= 0.6 is 0 Å². The molecular formula is C33H40N4O4S. The first-order chi connectivity index (χ1) is 19.8. The van der Waals surface area contributed by atoms with E-state index in [0.29, 0.717) is 16.7 Å². The number of nitrogens with zero attached hydrogens (tertiary/aromatic N) is 3. The molecule has 1 spiro atoms. The van der Waals surface area contributed by atoms with Gasteiger partial charge >= 0.3 is 0 Å². The van der Waals surface area contributed by atoms with Gasteiger partial charge in [0.15, 0.2) is 0 Å². The van der Waals surface area contributed by atoms with Gasteiger partial charge in [0.1, 0.15) is 6.61 Å². The van der Waals surface area contributed by atoms with E-state index >= 15 is 0 Å². The second-order valence-electron chi connectivity index (χ2n) is 13.7. The van der Waals surface area contributed by atoms with E-state index in [0.717, 1.165) is 36.0 Å². The maximum absolute atomic E-state index is 14.3. The average Bonchev–Trinajstić information content (AvgIpc) is 2.86. The van der Waals surface area contributed by atoms with Gasteiger partial charge in [-0.2, -0.15) is 4.98 Å². The molecule has 1 aliphatic heterocycles. The Morgan fingerprint density at radius 2 is 1.71 bits per heavy atom. The lowest BCUT2D eigenvalue weighted by atomic mass is 9.53. The number of hydrogen-bond acceptors (Lipinski definition) is 6. The highest BCUT2D eigenvalue weighted by Crippen LogP contribution is 2.57. The Morgan fingerprint density at radius 3 is 2.36 bits per heavy atom. The maximum atomic E-state index is 14.3. The van der Waals surface area contributed by atoms with Gasteiger partial charge in [0.2, 0.25) is 11.8 Å². The first-order valence-electron chi connectivity index (χ1n) is 14.9. The number of aryl methyl sites for hydroxylation is 2. The van der Waals surface area contributed by atoms with Crippen molar-refractivity contribution in [2.45, 2.75) is 90.1 Å². The van der Waals surface area contributed by atoms with Gasteiger partial charge in [-0.05, 0) is 86.1 Å². The van der Waals surface area contributed by atoms with Crippen LogP contribution < -0.4 is 9.46 Å². The van der Waals surface area contributed by atoms with Crippen LogP contribution in [0.3, 0.4) is 0 Å². The molecule has 3 aliphatic rings. The summed E-state index contributed by atoms with van der Waals surface area (Å²) in [6, 6.07) is 13.9. The third-order valence-electron chi connectivity index (χ3n) is 9.10. The van der Waals surface area contributed by atoms with Crippen LogP contribution in [0.15, 0.2) is 53.4 Å². The molecule has 8 nitrogen and oxygen atoms in total. The lowest BCUT2D eigenvalue weighted by molar-refractivity contribution is -0.0652. The summed E-state index contributed by atoms with van der Waals surface area (Å²) in [6.45, 7) is 10.7. The molecule has 0 radical (unpaired) electrons. The molecule has 3 aromatic rings. The van der Waals surface area contributed by atoms with Crippen molar-refractivity contribution in [3.05, 3.63) is 65.2 Å². The topological polar surface area (TPSA) is 101 Å². The van der Waals surface area contributed by atoms with Crippen molar-refractivity contribution >= 4 is 21.9 Å². The number of ether oxygens (including phenoxy) is 1. The summed E-state index contributed by atoms with van der Waals surface area (Å²) < 4.78 is 36.1. The van der Waals surface area contributed by atoms with Gasteiger partial charge in [0.25, 0.3) is 15.9 Å². The number of rotatable bonds is 3. The predicted molar refractivity (Wildman–Crippen MR) is 163 cm³/mol. The molecule has 1 atom stereocenters. The van der Waals surface area contributed by atoms with Crippen molar-refractivity contribution in [1.29, 1.82) is 0 Å². The van der Waals surface area contributed by atoms with Crippen molar-refractivity contribution in [3.8, 4) is 17.1 Å². The minimum atomic E-state index is -4.09. The Bertz CT molecular complexity index is 1610. The monoisotopic (exact) mass is 588 g/mol. The lowest BCUT2D eigenvalue weighted by Crippen LogP contribution is -2.60. The smallest absolute Gasteiger partial charge is 0.264 e. The van der Waals surface area contributed by atoms with Gasteiger partial charge in [-0.25, -0.2) is 18.1 Å². The molecule has 9 heteroatoms. The van der Waals surface area contributed by atoms with E-state index in [-0.39, 0.29) is 46.7 Å². The minimum absolute atomic E-state index is 0.00691. The SMILES string of the molecule is Cc1cccc(C)c1-c1cc2nc(n1)NS(=O)(=O)c1cccc(c1)C(=O)N(C1CC3(CCC3)C1)[C@H](CC(C)(C)C)CO2. The van der Waals surface area contributed by atoms with E-state index in [9.17, 15) is 13.2 Å². The predicted octanol–water partition coefficient (Wildman–Crippen LogP) is 6.53. The van der Waals surface area contributed by atoms with Gasteiger partial charge in [0.05, 0.1) is 16.6 Å². The van der Waals surface area contributed by atoms with E-state index in [2.05, 4.69) is 35.5 Å². The van der Waals surface area contributed by atoms with Crippen LogP contribution in [0.1, 0.15) is 80.8 Å². The fraction of sp³-hybridized carbons (Fsp3) is 0.485. The molecule has 4 bridgehead atoms. The Morgan fingerprint density at radius 1 is 1.02 bits per heavy atom. The van der Waals surface area contributed by atoms with Crippen molar-refractivity contribution < 1.29 is 17.9 Å². The van der Waals surface area contributed by atoms with Crippen molar-refractivity contribution in [1.82, 2.24) is 14.9 Å². The van der Waals surface area contributed by atoms with Crippen LogP contribution in [0.25, 0.3) is 11.3 Å². The average molecular weight is 589 g/mol. The number of hydrogen-bond donors (Lipinski definition) is 1. The fourth-order valence-corrected chi connectivity index (χ4v) is 7.98. The van der Waals surface area contributed by atoms with Crippen LogP contribution in [0.5, 0.6) is 5.88 Å². The molecule has 42 heavy (non-hydrogen) atoms. The fourth-order valence-electron chi connectivity index (χ4n) is 6.99. The standard InChI is InChI=1S/C33H40N4O4S/c1-21-9-6-10-22(2)29(21)27-16-28-35-31(34-27)36-42(39,40)26-12-7-11-23(15-26)30(38)37(24-18-33(19-24)13-8-14-33)25(20-41-28)17-32(3,4)5/h6-7,9-12,15-16,24-25H,8,13-14,17-20H2,1-5H3,(H,34,35,36)/t25-/m1/s1. The molecule has 2 heterocycles. The summed E-state index contributed by atoms with van der Waals surface area (Å²) in [6.07, 6.45) is 6.37. The molecule has 2 saturated carbocycles. The first-order valence-corrected chi connectivity index (χ1v) is 16.3. The minimum Gasteiger partial charge on any atom is -0.475 e. The molecule has 6 rings (SSSR count). The number of anilines is 1. The van der Waals surface area contributed by atoms with Gasteiger partial charge in [-0.3, -0.25) is 4.79 Å². The summed E-state index contributed by atoms with van der Waals surface area (Å²) in [7, 11) is -4.09. The third-order valence-corrected chi connectivity index (χ3v) is 10.4. The number of benzene rings is 2. The van der Waals surface area contributed by atoms with Crippen molar-refractivity contribution in [2.24, 2.45) is 10.8 Å². The molecule has 2 aromatic carbocycles. The van der Waals surface area contributed by atoms with E-state index in [1.807, 2.05) is 36.9 Å². The number of nitrogens with one attached hydrogen (secondary N) is 1. The molecule has 222 valence electrons. The quantitative estimate of drug-likeness (QED) is 0.373. The summed E-state index contributed by atoms with van der Waals surface area (Å²) in [5.41, 5.74) is 4.13. The van der Waals surface area contributed by atoms with E-state index in [4.69, 9.17) is 4.74 Å². The lowest BCUT2D eigenvalue weighted by Gasteiger charge is -2.58. The van der Waals surface area contributed by atoms with Crippen LogP contribution in [-0.2, 0) is 10.0 Å². The molecular weight excluding hydrogens is 548 g/mol. The highest BCUT2D eigenvalue weighted by atomic mass is 32.2. The van der Waals surface area contributed by atoms with Gasteiger partial charge < -0.3 is 9.64 Å². The number of aromatic nitrogens is 2. The number of carbonyl (C=O) groups is 1. The molecule has 1 aromatic heterocycles. The Kier molecular flexibility index (Phi) is 7.07. The second kappa shape index (κ2) is 10.4. The van der Waals surface area contributed by atoms with Crippen LogP contribution in [0.4, 0.5) is 5.95 Å². The zero-order valence-electron chi connectivity index (χ0n) is 25.1. The molecule has 0 saturated heterocycles. The van der Waals surface area contributed by atoms with Crippen LogP contribution in [0.2, 0.25) is 0 Å². The number of amides is 1. The molecule has 0 unspecified atom stereocenters. The van der Waals surface area contributed by atoms with Gasteiger partial charge in [-0.1, -0.05) is 51.5 Å². The summed E-state index contributed by atoms with van der Waals surface area (Å²) in [5, 5.41) is 0. The highest BCUT2D eigenvalue weighted by molar-refractivity contribution is 7.92. The third kappa shape index (κ3) is 5.51. The number of carbonyl (C=O) groups excluding carboxylic acids is 1. The Labute approximate surface area is 249 Å². The van der Waals surface area contributed by atoms with Crippen molar-refractivity contribution in [2.75, 3.05) is 11.3 Å². The van der Waals surface area contributed by atoms with E-state index < -0.39 is 10.0 Å². The summed E-state index contributed by atoms with van der Waals surface area (Å²) in [5.74, 6) is 0.0373. The normalized spacial score (nSPS) is 21.6. The van der Waals surface area contributed by atoms with E-state index in [1.165, 1.54) is 31.4 Å². The summed E-state index contributed by atoms with van der Waals surface area (Å²) >= 11 is 0. The summed E-state index contributed by atoms with van der Waals surface area (Å²) in [4.78, 5) is 25.4. The zero-order chi connectivity index (χ0) is 29.9. The first kappa shape index (κ1) is 28.6. The number of fused-ring (bicyclic) bond motifs is 4. The number of sulfonamides is 1. The molecule has 2 fully saturated rings. The van der Waals surface area contributed by atoms with Crippen molar-refractivity contribution in [3.63, 3.8) is 0 Å². The van der Waals surface area contributed by atoms with Crippen LogP contribution in [0, 0.1) is 24.7 Å². The van der Waals surface area contributed by atoms with E-state index in [1.54, 1.807) is 18.2 Å². The second-order valence-corrected chi connectivity index (χ2v) is 15.4. The molecule has 1 N–H and O–H groups in total. The Balaban J connectivity index is 1.48.